The second kappa shape index (κ2) is 7.29. The van der Waals surface area contributed by atoms with E-state index in [0.29, 0.717) is 12.8 Å². The number of fused-ring (bicyclic) bond motifs is 1. The fraction of sp³-hybridized carbons (Fsp3) is 0.611. The highest BCUT2D eigenvalue weighted by Crippen LogP contribution is 2.32. The van der Waals surface area contributed by atoms with Gasteiger partial charge in [0.2, 0.25) is 5.91 Å². The van der Waals surface area contributed by atoms with E-state index in [1.165, 1.54) is 19.3 Å². The van der Waals surface area contributed by atoms with E-state index in [1.54, 1.807) is 18.5 Å². The Morgan fingerprint density at radius 1 is 1.08 bits per heavy atom. The van der Waals surface area contributed by atoms with Gasteiger partial charge in [0.1, 0.15) is 11.6 Å². The van der Waals surface area contributed by atoms with Gasteiger partial charge >= 0.3 is 0 Å². The zero-order valence-electron chi connectivity index (χ0n) is 14.5. The Bertz CT molecular complexity index is 728. The summed E-state index contributed by atoms with van der Waals surface area (Å²) in [6.07, 6.45) is 11.1. The minimum absolute atomic E-state index is 0.0727. The number of amides is 1. The maximum absolute atomic E-state index is 12.8. The molecule has 1 fully saturated rings. The van der Waals surface area contributed by atoms with Crippen molar-refractivity contribution in [3.63, 3.8) is 0 Å². The first-order valence-corrected chi connectivity index (χ1v) is 9.30. The molecule has 4 heterocycles. The van der Waals surface area contributed by atoms with Crippen LogP contribution in [0, 0.1) is 0 Å². The molecule has 25 heavy (non-hydrogen) atoms. The number of hydrogen-bond donors (Lipinski definition) is 0. The van der Waals surface area contributed by atoms with Crippen molar-refractivity contribution in [2.24, 2.45) is 0 Å². The molecule has 2 aliphatic rings. The summed E-state index contributed by atoms with van der Waals surface area (Å²) in [7, 11) is 0. The molecule has 2 aromatic heterocycles. The first kappa shape index (κ1) is 16.2. The van der Waals surface area contributed by atoms with Gasteiger partial charge in [0, 0.05) is 44.7 Å². The molecule has 0 saturated carbocycles. The topological polar surface area (TPSA) is 76.8 Å². The zero-order valence-corrected chi connectivity index (χ0v) is 14.5. The van der Waals surface area contributed by atoms with Gasteiger partial charge in [0.05, 0.1) is 6.04 Å². The predicted octanol–water partition coefficient (Wildman–Crippen LogP) is 2.09. The standard InChI is InChI=1S/C18H24N6O/c25-17(9-8-15-19-10-5-11-20-15)23-13-4-6-14(23)18-22-21-16-7-2-1-3-12-24(16)18/h5,10-11,14H,1-4,6-9,12-13H2. The fourth-order valence-electron chi connectivity index (χ4n) is 3.91. The van der Waals surface area contributed by atoms with Crippen molar-refractivity contribution in [3.8, 4) is 0 Å². The molecule has 7 heteroatoms. The van der Waals surface area contributed by atoms with E-state index in [1.807, 2.05) is 4.90 Å². The van der Waals surface area contributed by atoms with Crippen LogP contribution >= 0.6 is 0 Å². The van der Waals surface area contributed by atoms with E-state index in [0.717, 1.165) is 49.8 Å². The summed E-state index contributed by atoms with van der Waals surface area (Å²) in [5, 5.41) is 8.87. The SMILES string of the molecule is O=C(CCc1ncccn1)N1CCCC1c1nnc2n1CCCCC2. The summed E-state index contributed by atoms with van der Waals surface area (Å²) in [6, 6.07) is 1.86. The molecule has 1 amide bonds. The molecule has 0 aromatic carbocycles. The van der Waals surface area contributed by atoms with Crippen molar-refractivity contribution in [2.75, 3.05) is 6.54 Å². The minimum Gasteiger partial charge on any atom is -0.332 e. The molecular formula is C18H24N6O. The van der Waals surface area contributed by atoms with Crippen LogP contribution in [0.1, 0.15) is 62.0 Å². The highest BCUT2D eigenvalue weighted by Gasteiger charge is 2.34. The molecule has 0 aliphatic carbocycles. The van der Waals surface area contributed by atoms with E-state index in [9.17, 15) is 4.79 Å². The van der Waals surface area contributed by atoms with Gasteiger partial charge in [-0.1, -0.05) is 6.42 Å². The number of aryl methyl sites for hydroxylation is 2. The number of nitrogens with zero attached hydrogens (tertiary/aromatic N) is 6. The second-order valence-electron chi connectivity index (χ2n) is 6.85. The average molecular weight is 340 g/mol. The van der Waals surface area contributed by atoms with Gasteiger partial charge in [0.25, 0.3) is 0 Å². The lowest BCUT2D eigenvalue weighted by Gasteiger charge is -2.24. The Morgan fingerprint density at radius 2 is 1.96 bits per heavy atom. The summed E-state index contributed by atoms with van der Waals surface area (Å²) < 4.78 is 2.27. The maximum Gasteiger partial charge on any atom is 0.223 e. The smallest absolute Gasteiger partial charge is 0.223 e. The van der Waals surface area contributed by atoms with Crippen LogP contribution in [0.4, 0.5) is 0 Å². The van der Waals surface area contributed by atoms with Gasteiger partial charge in [-0.15, -0.1) is 10.2 Å². The van der Waals surface area contributed by atoms with Gasteiger partial charge in [-0.2, -0.15) is 0 Å². The molecule has 0 spiro atoms. The third kappa shape index (κ3) is 3.41. The molecule has 4 rings (SSSR count). The number of aromatic nitrogens is 5. The van der Waals surface area contributed by atoms with Crippen molar-refractivity contribution in [1.82, 2.24) is 29.6 Å². The number of rotatable bonds is 4. The monoisotopic (exact) mass is 340 g/mol. The van der Waals surface area contributed by atoms with Gasteiger partial charge < -0.3 is 9.47 Å². The highest BCUT2D eigenvalue weighted by atomic mass is 16.2. The van der Waals surface area contributed by atoms with E-state index in [4.69, 9.17) is 0 Å². The van der Waals surface area contributed by atoms with Crippen LogP contribution in [-0.4, -0.2) is 42.1 Å². The Morgan fingerprint density at radius 3 is 2.84 bits per heavy atom. The van der Waals surface area contributed by atoms with Crippen LogP contribution in [0.2, 0.25) is 0 Å². The van der Waals surface area contributed by atoms with Gasteiger partial charge in [-0.05, 0) is 31.7 Å². The number of carbonyl (C=O) groups excluding carboxylic acids is 1. The van der Waals surface area contributed by atoms with Crippen molar-refractivity contribution >= 4 is 5.91 Å². The van der Waals surface area contributed by atoms with Crippen LogP contribution in [0.15, 0.2) is 18.5 Å². The fourth-order valence-corrected chi connectivity index (χ4v) is 3.91. The molecule has 0 bridgehead atoms. The van der Waals surface area contributed by atoms with E-state index < -0.39 is 0 Å². The summed E-state index contributed by atoms with van der Waals surface area (Å²) in [5.41, 5.74) is 0. The first-order valence-electron chi connectivity index (χ1n) is 9.30. The Kier molecular flexibility index (Phi) is 4.72. The van der Waals surface area contributed by atoms with Crippen LogP contribution in [-0.2, 0) is 24.2 Å². The first-order chi connectivity index (χ1) is 12.3. The lowest BCUT2D eigenvalue weighted by molar-refractivity contribution is -0.132. The molecule has 1 saturated heterocycles. The van der Waals surface area contributed by atoms with Crippen LogP contribution in [0.3, 0.4) is 0 Å². The Balaban J connectivity index is 1.47. The maximum atomic E-state index is 12.8. The summed E-state index contributed by atoms with van der Waals surface area (Å²) in [6.45, 7) is 1.79. The Labute approximate surface area is 147 Å². The van der Waals surface area contributed by atoms with Crippen molar-refractivity contribution in [1.29, 1.82) is 0 Å². The third-order valence-corrected chi connectivity index (χ3v) is 5.19. The quantitative estimate of drug-likeness (QED) is 0.852. The van der Waals surface area contributed by atoms with E-state index in [2.05, 4.69) is 24.7 Å². The average Bonchev–Trinajstić information content (AvgIpc) is 3.21. The van der Waals surface area contributed by atoms with Gasteiger partial charge in [0.15, 0.2) is 5.82 Å². The molecule has 2 aromatic rings. The normalized spacial score (nSPS) is 20.3. The molecule has 1 unspecified atom stereocenters. The molecular weight excluding hydrogens is 316 g/mol. The second-order valence-corrected chi connectivity index (χ2v) is 6.85. The summed E-state index contributed by atoms with van der Waals surface area (Å²) in [5.74, 6) is 2.96. The van der Waals surface area contributed by atoms with Crippen molar-refractivity contribution in [2.45, 2.75) is 64.0 Å². The summed E-state index contributed by atoms with van der Waals surface area (Å²) in [4.78, 5) is 23.2. The number of carbonyl (C=O) groups is 1. The zero-order chi connectivity index (χ0) is 17.1. The summed E-state index contributed by atoms with van der Waals surface area (Å²) >= 11 is 0. The van der Waals surface area contributed by atoms with Crippen LogP contribution in [0.25, 0.3) is 0 Å². The minimum atomic E-state index is 0.0727. The molecule has 132 valence electrons. The van der Waals surface area contributed by atoms with Gasteiger partial charge in [-0.3, -0.25) is 4.79 Å². The van der Waals surface area contributed by atoms with Crippen molar-refractivity contribution < 1.29 is 4.79 Å². The van der Waals surface area contributed by atoms with E-state index >= 15 is 0 Å². The molecule has 7 nitrogen and oxygen atoms in total. The molecule has 2 aliphatic heterocycles. The molecule has 0 radical (unpaired) electrons. The largest absolute Gasteiger partial charge is 0.332 e. The highest BCUT2D eigenvalue weighted by molar-refractivity contribution is 5.77. The van der Waals surface area contributed by atoms with E-state index in [-0.39, 0.29) is 11.9 Å². The number of hydrogen-bond acceptors (Lipinski definition) is 5. The van der Waals surface area contributed by atoms with Crippen LogP contribution < -0.4 is 0 Å². The number of likely N-dealkylation sites (tertiary alicyclic amines) is 1. The molecule has 1 atom stereocenters. The van der Waals surface area contributed by atoms with Gasteiger partial charge in [-0.25, -0.2) is 9.97 Å². The Hall–Kier alpha value is -2.31. The predicted molar refractivity (Wildman–Crippen MR) is 91.6 cm³/mol. The lowest BCUT2D eigenvalue weighted by atomic mass is 10.2. The van der Waals surface area contributed by atoms with Crippen LogP contribution in [0.5, 0.6) is 0 Å². The molecule has 0 N–H and O–H groups in total. The van der Waals surface area contributed by atoms with Crippen molar-refractivity contribution in [3.05, 3.63) is 35.9 Å². The third-order valence-electron chi connectivity index (χ3n) is 5.19. The lowest BCUT2D eigenvalue weighted by Crippen LogP contribution is -2.32.